The van der Waals surface area contributed by atoms with Gasteiger partial charge in [0.1, 0.15) is 30.0 Å². The molecule has 1 unspecified atom stereocenters. The third kappa shape index (κ3) is 4.66. The highest BCUT2D eigenvalue weighted by Crippen LogP contribution is 2.47. The Hall–Kier alpha value is -2.95. The molecule has 1 N–H and O–H groups in total. The van der Waals surface area contributed by atoms with Crippen molar-refractivity contribution in [2.75, 3.05) is 26.2 Å². The molecule has 0 bridgehead atoms. The molecule has 3 aromatic carbocycles. The first-order chi connectivity index (χ1) is 16.5. The summed E-state index contributed by atoms with van der Waals surface area (Å²) in [6, 6.07) is 21.3. The van der Waals surface area contributed by atoms with Gasteiger partial charge in [-0.25, -0.2) is 0 Å². The zero-order chi connectivity index (χ0) is 23.7. The molecule has 34 heavy (non-hydrogen) atoms. The van der Waals surface area contributed by atoms with Gasteiger partial charge in [-0.15, -0.1) is 0 Å². The second kappa shape index (κ2) is 9.73. The van der Waals surface area contributed by atoms with E-state index in [9.17, 15) is 5.11 Å². The summed E-state index contributed by atoms with van der Waals surface area (Å²) in [5.74, 6) is 2.71. The number of aromatic hydroxyl groups is 1. The fraction of sp³-hybridized carbons (Fsp3) is 0.310. The summed E-state index contributed by atoms with van der Waals surface area (Å²) in [5, 5.41) is 10.7. The molecular formula is C29H30ClNO3. The fourth-order valence-electron chi connectivity index (χ4n) is 4.82. The lowest BCUT2D eigenvalue weighted by Crippen LogP contribution is -2.47. The van der Waals surface area contributed by atoms with E-state index in [0.29, 0.717) is 11.6 Å². The first-order valence-electron chi connectivity index (χ1n) is 11.9. The molecule has 5 heteroatoms. The summed E-state index contributed by atoms with van der Waals surface area (Å²) in [4.78, 5) is 2.44. The van der Waals surface area contributed by atoms with Gasteiger partial charge in [-0.2, -0.15) is 0 Å². The van der Waals surface area contributed by atoms with E-state index in [1.165, 1.54) is 19.5 Å². The van der Waals surface area contributed by atoms with Gasteiger partial charge in [-0.1, -0.05) is 49.2 Å². The Morgan fingerprint density at radius 2 is 1.76 bits per heavy atom. The second-order valence-corrected chi connectivity index (χ2v) is 9.61. The van der Waals surface area contributed by atoms with Crippen LogP contribution in [-0.2, 0) is 0 Å². The SMILES string of the molecule is CCC1CN(CCOc2ccc(C3Oc4ccc(O)cc4C(C)=C3c3ccc(Cl)cc3)cc2)C1. The number of hydrogen-bond acceptors (Lipinski definition) is 4. The van der Waals surface area contributed by atoms with Crippen LogP contribution in [-0.4, -0.2) is 36.2 Å². The van der Waals surface area contributed by atoms with Gasteiger partial charge in [0.2, 0.25) is 0 Å². The molecule has 0 aliphatic carbocycles. The van der Waals surface area contributed by atoms with Crippen LogP contribution in [0.25, 0.3) is 11.1 Å². The lowest BCUT2D eigenvalue weighted by atomic mass is 9.86. The van der Waals surface area contributed by atoms with Crippen molar-refractivity contribution in [2.24, 2.45) is 5.92 Å². The summed E-state index contributed by atoms with van der Waals surface area (Å²) < 4.78 is 12.5. The molecule has 176 valence electrons. The lowest BCUT2D eigenvalue weighted by molar-refractivity contribution is 0.0806. The van der Waals surface area contributed by atoms with E-state index in [-0.39, 0.29) is 11.9 Å². The number of allylic oxidation sites excluding steroid dienone is 1. The van der Waals surface area contributed by atoms with Gasteiger partial charge in [-0.05, 0) is 72.0 Å². The van der Waals surface area contributed by atoms with Crippen LogP contribution in [0.3, 0.4) is 0 Å². The van der Waals surface area contributed by atoms with Crippen molar-refractivity contribution in [3.05, 3.63) is 88.4 Å². The highest BCUT2D eigenvalue weighted by Gasteiger charge is 2.29. The molecule has 1 fully saturated rings. The number of rotatable bonds is 7. The number of halogens is 1. The molecule has 5 rings (SSSR count). The van der Waals surface area contributed by atoms with Crippen LogP contribution >= 0.6 is 11.6 Å². The van der Waals surface area contributed by atoms with Gasteiger partial charge in [-0.3, -0.25) is 4.90 Å². The van der Waals surface area contributed by atoms with E-state index in [1.54, 1.807) is 12.1 Å². The molecular weight excluding hydrogens is 446 g/mol. The quantitative estimate of drug-likeness (QED) is 0.406. The molecule has 2 heterocycles. The van der Waals surface area contributed by atoms with Crippen LogP contribution in [0.1, 0.15) is 43.1 Å². The van der Waals surface area contributed by atoms with Crippen molar-refractivity contribution in [2.45, 2.75) is 26.4 Å². The van der Waals surface area contributed by atoms with E-state index in [2.05, 4.69) is 30.9 Å². The average Bonchev–Trinajstić information content (AvgIpc) is 2.82. The predicted octanol–water partition coefficient (Wildman–Crippen LogP) is 6.83. The average molecular weight is 476 g/mol. The van der Waals surface area contributed by atoms with Gasteiger partial charge in [0.05, 0.1) is 0 Å². The molecule has 0 spiro atoms. The molecule has 4 nitrogen and oxygen atoms in total. The Balaban J connectivity index is 1.37. The summed E-state index contributed by atoms with van der Waals surface area (Å²) >= 11 is 6.15. The first kappa shape index (κ1) is 22.8. The molecule has 1 saturated heterocycles. The Bertz CT molecular complexity index is 1180. The van der Waals surface area contributed by atoms with Crippen molar-refractivity contribution < 1.29 is 14.6 Å². The number of likely N-dealkylation sites (tertiary alicyclic amines) is 1. The number of nitrogens with zero attached hydrogens (tertiary/aromatic N) is 1. The molecule has 0 aromatic heterocycles. The number of benzene rings is 3. The van der Waals surface area contributed by atoms with Gasteiger partial charge in [0.25, 0.3) is 0 Å². The largest absolute Gasteiger partial charge is 0.508 e. The maximum absolute atomic E-state index is 10.1. The van der Waals surface area contributed by atoms with E-state index >= 15 is 0 Å². The van der Waals surface area contributed by atoms with Crippen molar-refractivity contribution in [3.8, 4) is 17.2 Å². The van der Waals surface area contributed by atoms with Crippen molar-refractivity contribution in [1.82, 2.24) is 4.90 Å². The third-order valence-electron chi connectivity index (χ3n) is 6.90. The van der Waals surface area contributed by atoms with Crippen LogP contribution in [0.15, 0.2) is 66.7 Å². The Morgan fingerprint density at radius 3 is 2.47 bits per heavy atom. The first-order valence-corrected chi connectivity index (χ1v) is 12.3. The minimum Gasteiger partial charge on any atom is -0.508 e. The van der Waals surface area contributed by atoms with Crippen LogP contribution in [0.4, 0.5) is 0 Å². The number of phenols is 1. The van der Waals surface area contributed by atoms with Crippen LogP contribution in [0.5, 0.6) is 17.2 Å². The van der Waals surface area contributed by atoms with E-state index < -0.39 is 0 Å². The van der Waals surface area contributed by atoms with Crippen LogP contribution in [0.2, 0.25) is 5.02 Å². The molecule has 2 aliphatic heterocycles. The molecule has 2 aliphatic rings. The van der Waals surface area contributed by atoms with E-state index in [1.807, 2.05) is 42.5 Å². The maximum Gasteiger partial charge on any atom is 0.150 e. The third-order valence-corrected chi connectivity index (χ3v) is 7.15. The second-order valence-electron chi connectivity index (χ2n) is 9.18. The minimum absolute atomic E-state index is 0.223. The lowest BCUT2D eigenvalue weighted by Gasteiger charge is -2.38. The van der Waals surface area contributed by atoms with Crippen LogP contribution < -0.4 is 9.47 Å². The molecule has 0 radical (unpaired) electrons. The van der Waals surface area contributed by atoms with Crippen LogP contribution in [0, 0.1) is 5.92 Å². The zero-order valence-corrected chi connectivity index (χ0v) is 20.4. The van der Waals surface area contributed by atoms with Gasteiger partial charge < -0.3 is 14.6 Å². The highest BCUT2D eigenvalue weighted by atomic mass is 35.5. The van der Waals surface area contributed by atoms with E-state index in [0.717, 1.165) is 51.8 Å². The Kier molecular flexibility index (Phi) is 6.53. The fourth-order valence-corrected chi connectivity index (χ4v) is 4.95. The molecule has 3 aromatic rings. The standard InChI is InChI=1S/C29H30ClNO3/c1-3-20-17-31(18-20)14-15-33-25-11-6-22(7-12-25)29-28(21-4-8-23(30)9-5-21)19(2)26-16-24(32)10-13-27(26)34-29/h4-13,16,20,29,32H,3,14-15,17-18H2,1-2H3. The summed E-state index contributed by atoms with van der Waals surface area (Å²) in [6.45, 7) is 8.38. The normalized spacial score (nSPS) is 18.3. The van der Waals surface area contributed by atoms with Gasteiger partial charge >= 0.3 is 0 Å². The summed E-state index contributed by atoms with van der Waals surface area (Å²) in [6.07, 6.45) is 0.985. The van der Waals surface area contributed by atoms with E-state index in [4.69, 9.17) is 21.1 Å². The maximum atomic E-state index is 10.1. The predicted molar refractivity (Wildman–Crippen MR) is 138 cm³/mol. The molecule has 1 atom stereocenters. The van der Waals surface area contributed by atoms with Crippen molar-refractivity contribution in [1.29, 1.82) is 0 Å². The highest BCUT2D eigenvalue weighted by molar-refractivity contribution is 6.30. The van der Waals surface area contributed by atoms with Gasteiger partial charge in [0.15, 0.2) is 0 Å². The van der Waals surface area contributed by atoms with Crippen molar-refractivity contribution in [3.63, 3.8) is 0 Å². The zero-order valence-electron chi connectivity index (χ0n) is 19.6. The summed E-state index contributed by atoms with van der Waals surface area (Å²) in [7, 11) is 0. The van der Waals surface area contributed by atoms with Crippen molar-refractivity contribution >= 4 is 22.7 Å². The Morgan fingerprint density at radius 1 is 1.03 bits per heavy atom. The topological polar surface area (TPSA) is 41.9 Å². The smallest absolute Gasteiger partial charge is 0.150 e. The van der Waals surface area contributed by atoms with Gasteiger partial charge in [0, 0.05) is 35.8 Å². The Labute approximate surface area is 206 Å². The summed E-state index contributed by atoms with van der Waals surface area (Å²) in [5.41, 5.74) is 5.12. The monoisotopic (exact) mass is 475 g/mol. The molecule has 0 saturated carbocycles. The number of hydrogen-bond donors (Lipinski definition) is 1. The number of ether oxygens (including phenoxy) is 2. The molecule has 0 amide bonds. The number of fused-ring (bicyclic) bond motifs is 1. The minimum atomic E-state index is -0.278. The number of phenolic OH excluding ortho intramolecular Hbond substituents is 1.